The lowest BCUT2D eigenvalue weighted by Gasteiger charge is -2.44. The molecule has 0 spiro atoms. The molecule has 3 unspecified atom stereocenters. The van der Waals surface area contributed by atoms with Crippen LogP contribution in [0.1, 0.15) is 25.3 Å². The minimum Gasteiger partial charge on any atom is -0.480 e. The Labute approximate surface area is 156 Å². The van der Waals surface area contributed by atoms with Gasteiger partial charge in [0.15, 0.2) is 5.92 Å². The second kappa shape index (κ2) is 6.35. The van der Waals surface area contributed by atoms with Crippen LogP contribution in [0.15, 0.2) is 16.8 Å². The van der Waals surface area contributed by atoms with Gasteiger partial charge in [-0.2, -0.15) is 11.3 Å². The van der Waals surface area contributed by atoms with Gasteiger partial charge >= 0.3 is 13.6 Å². The summed E-state index contributed by atoms with van der Waals surface area (Å²) in [6, 6.07) is 0.513. The average molecular weight is 420 g/mol. The molecule has 2 fully saturated rings. The molecule has 4 N–H and O–H groups in total. The number of nitrogens with one attached hydrogen (secondary N) is 1. The first-order valence-electron chi connectivity index (χ1n) is 7.55. The number of nitrogens with zero attached hydrogens (tertiary/aromatic N) is 1. The molecular weight excluding hydrogens is 403 g/mol. The lowest BCUT2D eigenvalue weighted by Crippen LogP contribution is -2.69. The fourth-order valence-electron chi connectivity index (χ4n) is 3.36. The van der Waals surface area contributed by atoms with Gasteiger partial charge in [0.2, 0.25) is 11.8 Å². The first-order valence-corrected chi connectivity index (χ1v) is 11.1. The molecule has 2 aliphatic heterocycles. The van der Waals surface area contributed by atoms with Crippen LogP contribution in [0.3, 0.4) is 0 Å². The number of thiophene rings is 1. The third-order valence-electron chi connectivity index (χ3n) is 4.39. The summed E-state index contributed by atoms with van der Waals surface area (Å²) >= 11 is 2.43. The van der Waals surface area contributed by atoms with Crippen molar-refractivity contribution in [3.63, 3.8) is 0 Å². The number of thioether (sulfide) groups is 1. The van der Waals surface area contributed by atoms with E-state index in [0.717, 1.165) is 4.90 Å². The predicted molar refractivity (Wildman–Crippen MR) is 94.8 cm³/mol. The molecule has 2 saturated heterocycles. The van der Waals surface area contributed by atoms with Gasteiger partial charge in [0, 0.05) is 4.75 Å². The number of hydrogen-bond donors (Lipinski definition) is 4. The highest BCUT2D eigenvalue weighted by molar-refractivity contribution is 8.02. The van der Waals surface area contributed by atoms with Crippen molar-refractivity contribution in [2.45, 2.75) is 41.7 Å². The fraction of sp³-hybridized carbons (Fsp3) is 0.500. The van der Waals surface area contributed by atoms with Gasteiger partial charge < -0.3 is 25.1 Å². The Morgan fingerprint density at radius 1 is 1.38 bits per heavy atom. The summed E-state index contributed by atoms with van der Waals surface area (Å²) in [6.07, 6.45) is 0. The van der Waals surface area contributed by atoms with Gasteiger partial charge in [0.05, 0.1) is 0 Å². The zero-order valence-corrected chi connectivity index (χ0v) is 16.3. The van der Waals surface area contributed by atoms with E-state index >= 15 is 0 Å². The lowest BCUT2D eigenvalue weighted by molar-refractivity contribution is -0.152. The van der Waals surface area contributed by atoms with Crippen LogP contribution in [0, 0.1) is 0 Å². The summed E-state index contributed by atoms with van der Waals surface area (Å²) in [6.45, 7) is 3.24. The number of aliphatic carboxylic acids is 1. The molecule has 2 amide bonds. The standard InChI is InChI=1S/C14H17N2O7PS2/c1-14(2)13(24(21,22)23)16-10(18)8(11(16)26-14)15-9(17)7(12(19)20)6-3-4-25-5-6/h3-5,7-8,11,13H,1-2H3,(H,15,17)(H,19,20)(H2,21,22,23)/t7?,8?,11-,13?/m1/s1. The van der Waals surface area contributed by atoms with E-state index < -0.39 is 53.2 Å². The van der Waals surface area contributed by atoms with Crippen LogP contribution < -0.4 is 5.32 Å². The Morgan fingerprint density at radius 2 is 2.04 bits per heavy atom. The highest BCUT2D eigenvalue weighted by Gasteiger charge is 2.66. The van der Waals surface area contributed by atoms with Gasteiger partial charge in [-0.3, -0.25) is 18.9 Å². The molecule has 3 rings (SSSR count). The molecule has 12 heteroatoms. The molecule has 3 heterocycles. The quantitative estimate of drug-likeness (QED) is 0.308. The van der Waals surface area contributed by atoms with Crippen LogP contribution in [-0.4, -0.2) is 59.5 Å². The van der Waals surface area contributed by atoms with Crippen molar-refractivity contribution in [3.8, 4) is 0 Å². The Kier molecular flexibility index (Phi) is 4.73. The normalized spacial score (nSPS) is 28.2. The van der Waals surface area contributed by atoms with Gasteiger partial charge in [-0.1, -0.05) is 0 Å². The SMILES string of the molecule is CC1(C)S[C@@H]2C(NC(=O)C(C(=O)O)c3ccsc3)C(=O)N2C1P(=O)(O)O. The van der Waals surface area contributed by atoms with E-state index in [0.29, 0.717) is 5.56 Å². The van der Waals surface area contributed by atoms with Crippen LogP contribution >= 0.6 is 30.7 Å². The number of carboxylic acids is 1. The number of carbonyl (C=O) groups excluding carboxylic acids is 2. The number of amides is 2. The average Bonchev–Trinajstić information content (AvgIpc) is 3.08. The van der Waals surface area contributed by atoms with Gasteiger partial charge in [0.25, 0.3) is 0 Å². The number of fused-ring (bicyclic) bond motifs is 1. The molecule has 0 bridgehead atoms. The van der Waals surface area contributed by atoms with Crippen molar-refractivity contribution in [1.82, 2.24) is 10.2 Å². The van der Waals surface area contributed by atoms with Crippen LogP contribution in [0.4, 0.5) is 0 Å². The Bertz CT molecular complexity index is 806. The van der Waals surface area contributed by atoms with E-state index in [4.69, 9.17) is 0 Å². The van der Waals surface area contributed by atoms with E-state index in [1.54, 1.807) is 24.6 Å². The topological polar surface area (TPSA) is 144 Å². The van der Waals surface area contributed by atoms with E-state index in [9.17, 15) is 33.8 Å². The summed E-state index contributed by atoms with van der Waals surface area (Å²) < 4.78 is 10.9. The number of carboxylic acid groups (broad SMARTS) is 1. The van der Waals surface area contributed by atoms with E-state index in [-0.39, 0.29) is 0 Å². The van der Waals surface area contributed by atoms with Crippen molar-refractivity contribution in [3.05, 3.63) is 22.4 Å². The minimum absolute atomic E-state index is 0.316. The molecule has 9 nitrogen and oxygen atoms in total. The van der Waals surface area contributed by atoms with Gasteiger partial charge in [-0.25, -0.2) is 0 Å². The van der Waals surface area contributed by atoms with Gasteiger partial charge in [-0.15, -0.1) is 11.8 Å². The van der Waals surface area contributed by atoms with Crippen molar-refractivity contribution in [2.24, 2.45) is 0 Å². The van der Waals surface area contributed by atoms with Crippen molar-refractivity contribution < 1.29 is 33.8 Å². The van der Waals surface area contributed by atoms with E-state index in [2.05, 4.69) is 5.32 Å². The predicted octanol–water partition coefficient (Wildman–Crippen LogP) is 0.599. The molecule has 4 atom stereocenters. The minimum atomic E-state index is -4.57. The summed E-state index contributed by atoms with van der Waals surface area (Å²) in [5.41, 5.74) is 0.316. The first-order chi connectivity index (χ1) is 11.9. The van der Waals surface area contributed by atoms with Crippen molar-refractivity contribution >= 4 is 48.5 Å². The monoisotopic (exact) mass is 420 g/mol. The van der Waals surface area contributed by atoms with Gasteiger partial charge in [-0.05, 0) is 36.2 Å². The van der Waals surface area contributed by atoms with Crippen LogP contribution in [0.2, 0.25) is 0 Å². The summed E-state index contributed by atoms with van der Waals surface area (Å²) in [5, 5.41) is 14.3. The van der Waals surface area contributed by atoms with Gasteiger partial charge in [0.1, 0.15) is 17.2 Å². The molecule has 142 valence electrons. The molecule has 1 aromatic rings. The maximum atomic E-state index is 12.4. The number of β-lactam (4-membered cyclic amide) rings is 1. The Morgan fingerprint density at radius 3 is 2.54 bits per heavy atom. The lowest BCUT2D eigenvalue weighted by atomic mass is 9.99. The smallest absolute Gasteiger partial charge is 0.349 e. The zero-order valence-electron chi connectivity index (χ0n) is 13.7. The van der Waals surface area contributed by atoms with E-state index in [1.165, 1.54) is 29.2 Å². The highest BCUT2D eigenvalue weighted by atomic mass is 32.2. The second-order valence-corrected chi connectivity index (χ2v) is 10.9. The highest BCUT2D eigenvalue weighted by Crippen LogP contribution is 2.62. The number of rotatable bonds is 5. The molecule has 2 aliphatic rings. The third kappa shape index (κ3) is 3.07. The molecule has 0 radical (unpaired) electrons. The van der Waals surface area contributed by atoms with E-state index in [1.807, 2.05) is 0 Å². The van der Waals surface area contributed by atoms with Crippen molar-refractivity contribution in [1.29, 1.82) is 0 Å². The Balaban J connectivity index is 1.79. The van der Waals surface area contributed by atoms with Crippen LogP contribution in [0.5, 0.6) is 0 Å². The fourth-order valence-corrected chi connectivity index (χ4v) is 7.64. The molecule has 0 aliphatic carbocycles. The van der Waals surface area contributed by atoms with Crippen molar-refractivity contribution in [2.75, 3.05) is 0 Å². The maximum absolute atomic E-state index is 12.4. The summed E-state index contributed by atoms with van der Waals surface area (Å²) in [7, 11) is -4.57. The largest absolute Gasteiger partial charge is 0.480 e. The number of hydrogen-bond acceptors (Lipinski definition) is 6. The number of carbonyl (C=O) groups is 3. The molecule has 0 saturated carbocycles. The maximum Gasteiger partial charge on any atom is 0.349 e. The Hall–Kier alpha value is -1.39. The zero-order chi connectivity index (χ0) is 19.4. The third-order valence-corrected chi connectivity index (χ3v) is 8.37. The molecule has 0 aromatic carbocycles. The first kappa shape index (κ1) is 19.4. The molecular formula is C14H17N2O7PS2. The summed E-state index contributed by atoms with van der Waals surface area (Å²) in [4.78, 5) is 56.6. The van der Waals surface area contributed by atoms with Crippen LogP contribution in [0.25, 0.3) is 0 Å². The van der Waals surface area contributed by atoms with Crippen LogP contribution in [-0.2, 0) is 18.9 Å². The summed E-state index contributed by atoms with van der Waals surface area (Å²) in [5.74, 6) is -5.51. The molecule has 1 aromatic heterocycles. The molecule has 26 heavy (non-hydrogen) atoms. The second-order valence-electron chi connectivity index (χ2n) is 6.63.